The summed E-state index contributed by atoms with van der Waals surface area (Å²) in [5, 5.41) is 1.15. The van der Waals surface area contributed by atoms with Crippen molar-refractivity contribution in [3.8, 4) is 0 Å². The molecule has 0 aliphatic heterocycles. The zero-order valence-electron chi connectivity index (χ0n) is 11.5. The van der Waals surface area contributed by atoms with Crippen molar-refractivity contribution in [1.82, 2.24) is 0 Å². The molecule has 0 aromatic carbocycles. The van der Waals surface area contributed by atoms with Gasteiger partial charge in [-0.1, -0.05) is 48.0 Å². The maximum absolute atomic E-state index is 5.50. The fraction of sp³-hybridized carbons (Fsp3) is 1.00. The summed E-state index contributed by atoms with van der Waals surface area (Å²) in [5.41, 5.74) is 0. The summed E-state index contributed by atoms with van der Waals surface area (Å²) in [6, 6.07) is 0. The van der Waals surface area contributed by atoms with Crippen LogP contribution in [-0.4, -0.2) is 31.3 Å². The number of alkyl halides is 1. The highest BCUT2D eigenvalue weighted by Crippen LogP contribution is 2.08. The van der Waals surface area contributed by atoms with Gasteiger partial charge < -0.3 is 9.47 Å². The first-order valence-electron chi connectivity index (χ1n) is 7.02. The normalized spacial score (nSPS) is 11.3. The molecule has 0 heterocycles. The Morgan fingerprint density at radius 1 is 0.765 bits per heavy atom. The van der Waals surface area contributed by atoms with Gasteiger partial charge in [-0.05, 0) is 26.7 Å². The minimum absolute atomic E-state index is 0.318. The second-order valence-corrected chi connectivity index (χ2v) is 5.49. The van der Waals surface area contributed by atoms with E-state index in [0.717, 1.165) is 25.2 Å². The maximum Gasteiger partial charge on any atom is 0.0703 e. The van der Waals surface area contributed by atoms with Crippen molar-refractivity contribution in [2.45, 2.75) is 64.9 Å². The molecule has 0 atom stereocenters. The minimum Gasteiger partial charge on any atom is -0.379 e. The van der Waals surface area contributed by atoms with Crippen molar-refractivity contribution in [3.05, 3.63) is 0 Å². The average Bonchev–Trinajstić information content (AvgIpc) is 2.30. The second-order valence-electron chi connectivity index (χ2n) is 4.70. The number of rotatable bonds is 13. The zero-order chi connectivity index (χ0) is 12.8. The molecule has 104 valence electrons. The molecule has 0 aromatic heterocycles. The van der Waals surface area contributed by atoms with Crippen LogP contribution in [-0.2, 0) is 9.47 Å². The first-order valence-corrected chi connectivity index (χ1v) is 8.15. The highest BCUT2D eigenvalue weighted by molar-refractivity contribution is 9.09. The predicted octanol–water partition coefficient (Wildman–Crippen LogP) is 4.55. The van der Waals surface area contributed by atoms with Gasteiger partial charge in [-0.2, -0.15) is 0 Å². The van der Waals surface area contributed by atoms with Gasteiger partial charge in [-0.25, -0.2) is 0 Å². The van der Waals surface area contributed by atoms with Crippen LogP contribution < -0.4 is 0 Å². The molecule has 0 bridgehead atoms. The van der Waals surface area contributed by atoms with Gasteiger partial charge in [0.2, 0.25) is 0 Å². The van der Waals surface area contributed by atoms with Gasteiger partial charge in [0.25, 0.3) is 0 Å². The first kappa shape index (κ1) is 17.4. The third kappa shape index (κ3) is 16.4. The SMILES string of the molecule is CC(C)OCCOCCCCCCCCCBr. The molecule has 17 heavy (non-hydrogen) atoms. The Hall–Kier alpha value is 0.400. The van der Waals surface area contributed by atoms with Crippen molar-refractivity contribution in [2.75, 3.05) is 25.2 Å². The third-order valence-corrected chi connectivity index (χ3v) is 3.16. The fourth-order valence-electron chi connectivity index (χ4n) is 1.63. The van der Waals surface area contributed by atoms with Crippen molar-refractivity contribution in [2.24, 2.45) is 0 Å². The van der Waals surface area contributed by atoms with Crippen LogP contribution in [0.15, 0.2) is 0 Å². The van der Waals surface area contributed by atoms with Crippen LogP contribution >= 0.6 is 15.9 Å². The minimum atomic E-state index is 0.318. The van der Waals surface area contributed by atoms with E-state index in [-0.39, 0.29) is 0 Å². The lowest BCUT2D eigenvalue weighted by atomic mass is 10.1. The molecular formula is C14H29BrO2. The van der Waals surface area contributed by atoms with Gasteiger partial charge in [-0.3, -0.25) is 0 Å². The standard InChI is InChI=1S/C14H29BrO2/c1-14(2)17-13-12-16-11-9-7-5-3-4-6-8-10-15/h14H,3-13H2,1-2H3. The monoisotopic (exact) mass is 308 g/mol. The van der Waals surface area contributed by atoms with Gasteiger partial charge in [0.15, 0.2) is 0 Å². The van der Waals surface area contributed by atoms with Crippen molar-refractivity contribution >= 4 is 15.9 Å². The number of unbranched alkanes of at least 4 members (excludes halogenated alkanes) is 6. The lowest BCUT2D eigenvalue weighted by Crippen LogP contribution is -2.10. The molecule has 0 aromatic rings. The van der Waals surface area contributed by atoms with Gasteiger partial charge in [0, 0.05) is 11.9 Å². The fourth-order valence-corrected chi connectivity index (χ4v) is 2.02. The maximum atomic E-state index is 5.50. The topological polar surface area (TPSA) is 18.5 Å². The number of halogens is 1. The van der Waals surface area contributed by atoms with Crippen molar-refractivity contribution in [3.63, 3.8) is 0 Å². The van der Waals surface area contributed by atoms with Crippen LogP contribution in [0.5, 0.6) is 0 Å². The summed E-state index contributed by atoms with van der Waals surface area (Å²) < 4.78 is 10.9. The summed E-state index contributed by atoms with van der Waals surface area (Å²) in [7, 11) is 0. The van der Waals surface area contributed by atoms with E-state index in [4.69, 9.17) is 9.47 Å². The molecule has 0 aliphatic carbocycles. The van der Waals surface area contributed by atoms with Crippen LogP contribution in [0.1, 0.15) is 58.8 Å². The summed E-state index contributed by atoms with van der Waals surface area (Å²) in [5.74, 6) is 0. The molecular weight excluding hydrogens is 280 g/mol. The lowest BCUT2D eigenvalue weighted by Gasteiger charge is -2.08. The molecule has 0 saturated heterocycles. The first-order chi connectivity index (χ1) is 8.27. The second kappa shape index (κ2) is 14.5. The van der Waals surface area contributed by atoms with E-state index < -0.39 is 0 Å². The van der Waals surface area contributed by atoms with E-state index in [9.17, 15) is 0 Å². The molecule has 2 nitrogen and oxygen atoms in total. The quantitative estimate of drug-likeness (QED) is 0.367. The smallest absolute Gasteiger partial charge is 0.0703 e. The average molecular weight is 309 g/mol. The largest absolute Gasteiger partial charge is 0.379 e. The molecule has 0 aliphatic rings. The highest BCUT2D eigenvalue weighted by Gasteiger charge is 1.94. The molecule has 0 N–H and O–H groups in total. The van der Waals surface area contributed by atoms with Crippen molar-refractivity contribution < 1.29 is 9.47 Å². The van der Waals surface area contributed by atoms with Crippen LogP contribution in [0.25, 0.3) is 0 Å². The van der Waals surface area contributed by atoms with Gasteiger partial charge in [0.05, 0.1) is 19.3 Å². The number of ether oxygens (including phenoxy) is 2. The molecule has 0 radical (unpaired) electrons. The zero-order valence-corrected chi connectivity index (χ0v) is 13.1. The van der Waals surface area contributed by atoms with E-state index in [1.165, 1.54) is 44.9 Å². The molecule has 3 heteroatoms. The summed E-state index contributed by atoms with van der Waals surface area (Å²) in [6.07, 6.45) is 9.62. The molecule has 0 unspecified atom stereocenters. The van der Waals surface area contributed by atoms with E-state index in [1.807, 2.05) is 0 Å². The van der Waals surface area contributed by atoms with E-state index in [0.29, 0.717) is 6.10 Å². The molecule has 0 fully saturated rings. The van der Waals surface area contributed by atoms with Gasteiger partial charge in [-0.15, -0.1) is 0 Å². The predicted molar refractivity (Wildman–Crippen MR) is 78.0 cm³/mol. The molecule has 0 spiro atoms. The Morgan fingerprint density at radius 3 is 1.94 bits per heavy atom. The lowest BCUT2D eigenvalue weighted by molar-refractivity contribution is 0.0186. The Labute approximate surface area is 116 Å². The van der Waals surface area contributed by atoms with Crippen LogP contribution in [0.3, 0.4) is 0 Å². The van der Waals surface area contributed by atoms with Crippen LogP contribution in [0.2, 0.25) is 0 Å². The Morgan fingerprint density at radius 2 is 1.35 bits per heavy atom. The van der Waals surface area contributed by atoms with Gasteiger partial charge in [0.1, 0.15) is 0 Å². The summed E-state index contributed by atoms with van der Waals surface area (Å²) in [6.45, 7) is 6.46. The van der Waals surface area contributed by atoms with E-state index >= 15 is 0 Å². The Kier molecular flexibility index (Phi) is 14.8. The highest BCUT2D eigenvalue weighted by atomic mass is 79.9. The Balaban J connectivity index is 2.89. The molecule has 0 amide bonds. The molecule has 0 saturated carbocycles. The third-order valence-electron chi connectivity index (χ3n) is 2.60. The summed E-state index contributed by atoms with van der Waals surface area (Å²) in [4.78, 5) is 0. The van der Waals surface area contributed by atoms with Crippen LogP contribution in [0, 0.1) is 0 Å². The number of hydrogen-bond donors (Lipinski definition) is 0. The molecule has 0 rings (SSSR count). The van der Waals surface area contributed by atoms with Crippen molar-refractivity contribution in [1.29, 1.82) is 0 Å². The van der Waals surface area contributed by atoms with E-state index in [1.54, 1.807) is 0 Å². The van der Waals surface area contributed by atoms with Crippen LogP contribution in [0.4, 0.5) is 0 Å². The Bertz CT molecular complexity index is 140. The van der Waals surface area contributed by atoms with Gasteiger partial charge >= 0.3 is 0 Å². The van der Waals surface area contributed by atoms with E-state index in [2.05, 4.69) is 29.8 Å². The number of hydrogen-bond acceptors (Lipinski definition) is 2. The summed E-state index contributed by atoms with van der Waals surface area (Å²) >= 11 is 3.46.